The van der Waals surface area contributed by atoms with Crippen molar-refractivity contribution in [3.8, 4) is 0 Å². The van der Waals surface area contributed by atoms with Crippen molar-refractivity contribution >= 4 is 28.6 Å². The molecule has 0 N–H and O–H groups in total. The minimum atomic E-state index is -2.47. The highest BCUT2D eigenvalue weighted by Crippen LogP contribution is 2.47. The van der Waals surface area contributed by atoms with Crippen LogP contribution in [0.2, 0.25) is 36.3 Å². The third kappa shape index (κ3) is 15.1. The second-order valence-corrected chi connectivity index (χ2v) is 31.4. The van der Waals surface area contributed by atoms with E-state index >= 15 is 0 Å². The number of hydrogen-bond donors (Lipinski definition) is 0. The summed E-state index contributed by atoms with van der Waals surface area (Å²) in [5, 5.41) is -0.212. The molecule has 0 unspecified atom stereocenters. The summed E-state index contributed by atoms with van der Waals surface area (Å²) in [6.07, 6.45) is 1.10. The minimum absolute atomic E-state index is 0.0103. The molecule has 4 rings (SSSR count). The Morgan fingerprint density at radius 1 is 0.762 bits per heavy atom. The van der Waals surface area contributed by atoms with Gasteiger partial charge in [-0.05, 0) is 88.8 Å². The van der Waals surface area contributed by atoms with E-state index in [0.29, 0.717) is 26.1 Å². The van der Waals surface area contributed by atoms with Crippen LogP contribution in [-0.4, -0.2) is 117 Å². The van der Waals surface area contributed by atoms with Gasteiger partial charge in [0.2, 0.25) is 0 Å². The third-order valence-electron chi connectivity index (χ3n) is 13.9. The zero-order chi connectivity index (χ0) is 47.2. The Bertz CT molecular complexity index is 1610. The number of esters is 2. The molecule has 3 fully saturated rings. The zero-order valence-corrected chi connectivity index (χ0v) is 43.9. The van der Waals surface area contributed by atoms with Crippen molar-refractivity contribution in [3.05, 3.63) is 35.9 Å². The van der Waals surface area contributed by atoms with Crippen LogP contribution in [0.25, 0.3) is 0 Å². The first-order valence-corrected chi connectivity index (χ1v) is 28.9. The van der Waals surface area contributed by atoms with Crippen LogP contribution in [0.15, 0.2) is 30.3 Å². The summed E-state index contributed by atoms with van der Waals surface area (Å²) in [6.45, 7) is 31.0. The average Bonchev–Trinajstić information content (AvgIpc) is 3.16. The normalized spacial score (nSPS) is 29.8. The second-order valence-electron chi connectivity index (χ2n) is 21.9. The fraction of sp³-hybridized carbons (Fsp3) is 0.833. The molecule has 13 nitrogen and oxygen atoms in total. The molecule has 0 amide bonds. The van der Waals surface area contributed by atoms with Gasteiger partial charge in [-0.15, -0.1) is 0 Å². The molecule has 9 atom stereocenters. The van der Waals surface area contributed by atoms with Crippen LogP contribution in [0.4, 0.5) is 0 Å². The molecule has 0 aliphatic carbocycles. The first-order valence-electron chi connectivity index (χ1n) is 23.1. The molecule has 0 radical (unpaired) electrons. The van der Waals surface area contributed by atoms with Gasteiger partial charge in [0.15, 0.2) is 34.0 Å². The van der Waals surface area contributed by atoms with Gasteiger partial charge in [0.25, 0.3) is 0 Å². The Kier molecular flexibility index (Phi) is 18.3. The summed E-state index contributed by atoms with van der Waals surface area (Å²) in [7, 11) is -0.518. The molecule has 362 valence electrons. The summed E-state index contributed by atoms with van der Waals surface area (Å²) < 4.78 is 70.5. The lowest BCUT2D eigenvalue weighted by molar-refractivity contribution is -0.346. The molecule has 0 spiro atoms. The predicted molar refractivity (Wildman–Crippen MR) is 247 cm³/mol. The quantitative estimate of drug-likeness (QED) is 0.0741. The molecule has 3 aliphatic rings. The molecule has 1 aromatic carbocycles. The number of rotatable bonds is 19. The Morgan fingerprint density at radius 2 is 1.35 bits per heavy atom. The van der Waals surface area contributed by atoms with Crippen LogP contribution in [0.3, 0.4) is 0 Å². The van der Waals surface area contributed by atoms with Crippen LogP contribution >= 0.6 is 0 Å². The summed E-state index contributed by atoms with van der Waals surface area (Å²) in [6, 6.07) is 10.2. The largest absolute Gasteiger partial charge is 0.469 e. The standard InChI is InChI=1S/C48H84O13Si2/c1-44(2,3)62(14,15)60-37(24-23-34-27-35(56-46(7,8)55-34)25-26-54-32-33-21-19-18-20-22-33)38-28-36(57-47(9,10)58-38)30-48(53-13)31-40(61-63(16,17)45(4,5)6)42(43(50)52-12)39(59-48)29-41(49)51-11/h18-22,34-40,42H,23-32H2,1-17H3/t34-,35+,36+,37-,38-,39+,40+,42+,48-/m1/s1. The van der Waals surface area contributed by atoms with Crippen LogP contribution in [0.5, 0.6) is 0 Å². The van der Waals surface area contributed by atoms with E-state index in [4.69, 9.17) is 51.5 Å². The second kappa shape index (κ2) is 21.5. The Labute approximate surface area is 381 Å². The van der Waals surface area contributed by atoms with E-state index in [1.807, 2.05) is 45.9 Å². The molecule has 15 heteroatoms. The van der Waals surface area contributed by atoms with E-state index in [1.54, 1.807) is 7.11 Å². The first kappa shape index (κ1) is 53.8. The van der Waals surface area contributed by atoms with E-state index < -0.39 is 70.2 Å². The van der Waals surface area contributed by atoms with E-state index in [1.165, 1.54) is 14.2 Å². The molecule has 63 heavy (non-hydrogen) atoms. The number of hydrogen-bond acceptors (Lipinski definition) is 13. The number of benzene rings is 1. The SMILES string of the molecule is COC(=O)C[C@@H]1O[C@@](C[C@@H]2C[C@H]([C@@H](CC[C@@H]3C[C@H](CCOCc4ccccc4)OC(C)(C)O3)O[Si](C)(C)C(C)(C)C)OC(C)(C)O2)(OC)C[C@H](O[Si](C)(C)C(C)(C)C)[C@H]1C(=O)OC. The fourth-order valence-corrected chi connectivity index (χ4v) is 11.3. The molecular formula is C48H84O13Si2. The minimum Gasteiger partial charge on any atom is -0.469 e. The van der Waals surface area contributed by atoms with Crippen LogP contribution in [0, 0.1) is 5.92 Å². The van der Waals surface area contributed by atoms with Gasteiger partial charge < -0.3 is 51.5 Å². The Morgan fingerprint density at radius 3 is 1.92 bits per heavy atom. The van der Waals surface area contributed by atoms with Crippen molar-refractivity contribution in [2.75, 3.05) is 27.9 Å². The monoisotopic (exact) mass is 925 g/mol. The van der Waals surface area contributed by atoms with Crippen molar-refractivity contribution < 1.29 is 61.1 Å². The van der Waals surface area contributed by atoms with Gasteiger partial charge in [-0.2, -0.15) is 0 Å². The van der Waals surface area contributed by atoms with Crippen molar-refractivity contribution in [1.82, 2.24) is 0 Å². The molecule has 0 aromatic heterocycles. The maximum Gasteiger partial charge on any atom is 0.313 e. The third-order valence-corrected chi connectivity index (χ3v) is 22.9. The highest BCUT2D eigenvalue weighted by atomic mass is 28.4. The van der Waals surface area contributed by atoms with E-state index in [-0.39, 0.29) is 53.8 Å². The lowest BCUT2D eigenvalue weighted by Crippen LogP contribution is -2.61. The smallest absolute Gasteiger partial charge is 0.313 e. The van der Waals surface area contributed by atoms with Crippen molar-refractivity contribution in [1.29, 1.82) is 0 Å². The van der Waals surface area contributed by atoms with Gasteiger partial charge in [0.1, 0.15) is 5.92 Å². The molecular weight excluding hydrogens is 841 g/mol. The Hall–Kier alpha value is -1.77. The van der Waals surface area contributed by atoms with E-state index in [0.717, 1.165) is 24.8 Å². The predicted octanol–water partition coefficient (Wildman–Crippen LogP) is 9.85. The maximum absolute atomic E-state index is 13.6. The van der Waals surface area contributed by atoms with E-state index in [2.05, 4.69) is 79.9 Å². The molecule has 3 saturated heterocycles. The highest BCUT2D eigenvalue weighted by molar-refractivity contribution is 6.74. The highest BCUT2D eigenvalue weighted by Gasteiger charge is 2.56. The summed E-state index contributed by atoms with van der Waals surface area (Å²) in [5.74, 6) is -4.91. The van der Waals surface area contributed by atoms with Crippen LogP contribution < -0.4 is 0 Å². The van der Waals surface area contributed by atoms with Gasteiger partial charge in [0.05, 0.1) is 70.0 Å². The number of carbonyl (C=O) groups excluding carboxylic acids is 2. The number of ether oxygens (including phenoxy) is 9. The fourth-order valence-electron chi connectivity index (χ4n) is 8.57. The maximum atomic E-state index is 13.6. The van der Waals surface area contributed by atoms with Gasteiger partial charge in [-0.1, -0.05) is 71.9 Å². The zero-order valence-electron chi connectivity index (χ0n) is 41.9. The van der Waals surface area contributed by atoms with Crippen molar-refractivity contribution in [3.63, 3.8) is 0 Å². The lowest BCUT2D eigenvalue weighted by Gasteiger charge is -2.52. The summed E-state index contributed by atoms with van der Waals surface area (Å²) >= 11 is 0. The van der Waals surface area contributed by atoms with Crippen molar-refractivity contribution in [2.45, 2.75) is 224 Å². The lowest BCUT2D eigenvalue weighted by atomic mass is 9.83. The first-order chi connectivity index (χ1) is 29.0. The summed E-state index contributed by atoms with van der Waals surface area (Å²) in [4.78, 5) is 26.5. The molecule has 3 heterocycles. The molecule has 0 bridgehead atoms. The van der Waals surface area contributed by atoms with Crippen LogP contribution in [0.1, 0.15) is 126 Å². The van der Waals surface area contributed by atoms with E-state index in [9.17, 15) is 9.59 Å². The van der Waals surface area contributed by atoms with Crippen molar-refractivity contribution in [2.24, 2.45) is 5.92 Å². The molecule has 3 aliphatic heterocycles. The average molecular weight is 925 g/mol. The summed E-state index contributed by atoms with van der Waals surface area (Å²) in [5.41, 5.74) is 1.15. The number of methoxy groups -OCH3 is 3. The van der Waals surface area contributed by atoms with Gasteiger partial charge >= 0.3 is 11.9 Å². The molecule has 1 aromatic rings. The van der Waals surface area contributed by atoms with Crippen LogP contribution in [-0.2, 0) is 67.7 Å². The van der Waals surface area contributed by atoms with Gasteiger partial charge in [-0.3, -0.25) is 9.59 Å². The topological polar surface area (TPSA) is 136 Å². The van der Waals surface area contributed by atoms with Gasteiger partial charge in [0, 0.05) is 39.4 Å². The van der Waals surface area contributed by atoms with Gasteiger partial charge in [-0.25, -0.2) is 0 Å². The number of carbonyl (C=O) groups is 2. The Balaban J connectivity index is 1.60. The molecule has 0 saturated carbocycles.